The van der Waals surface area contributed by atoms with Gasteiger partial charge in [0.25, 0.3) is 5.56 Å². The Morgan fingerprint density at radius 2 is 1.73 bits per heavy atom. The largest absolute Gasteiger partial charge is 0.494 e. The Hall–Kier alpha value is -3.09. The first-order valence-corrected chi connectivity index (χ1v) is 10.2. The number of anilines is 1. The molecule has 158 valence electrons. The summed E-state index contributed by atoms with van der Waals surface area (Å²) in [6.45, 7) is 6.59. The molecule has 0 saturated heterocycles. The minimum absolute atomic E-state index is 0.0363. The zero-order chi connectivity index (χ0) is 21.8. The fourth-order valence-corrected chi connectivity index (χ4v) is 4.61. The number of hydrogen-bond acceptors (Lipinski definition) is 5. The van der Waals surface area contributed by atoms with Gasteiger partial charge in [-0.05, 0) is 36.5 Å². The Labute approximate surface area is 175 Å². The fraction of sp³-hybridized carbons (Fsp3) is 0.435. The topological polar surface area (TPSA) is 82.3 Å². The van der Waals surface area contributed by atoms with E-state index in [1.807, 2.05) is 31.2 Å². The van der Waals surface area contributed by atoms with Gasteiger partial charge < -0.3 is 10.1 Å². The Morgan fingerprint density at radius 1 is 1.07 bits per heavy atom. The molecule has 30 heavy (non-hydrogen) atoms. The summed E-state index contributed by atoms with van der Waals surface area (Å²) in [5.74, 6) is 0.704. The molecule has 0 bridgehead atoms. The van der Waals surface area contributed by atoms with Crippen LogP contribution in [0, 0.1) is 5.41 Å². The first-order valence-electron chi connectivity index (χ1n) is 10.2. The molecule has 1 N–H and O–H groups in total. The van der Waals surface area contributed by atoms with Crippen molar-refractivity contribution in [2.75, 3.05) is 11.9 Å². The van der Waals surface area contributed by atoms with Gasteiger partial charge in [-0.3, -0.25) is 18.7 Å². The number of aromatic nitrogens is 2. The summed E-state index contributed by atoms with van der Waals surface area (Å²) >= 11 is 0. The van der Waals surface area contributed by atoms with Crippen molar-refractivity contribution in [2.45, 2.75) is 39.5 Å². The minimum atomic E-state index is -0.527. The van der Waals surface area contributed by atoms with E-state index in [2.05, 4.69) is 19.2 Å². The molecule has 0 saturated carbocycles. The number of rotatable bonds is 3. The molecule has 1 aromatic carbocycles. The van der Waals surface area contributed by atoms with Gasteiger partial charge in [0, 0.05) is 37.7 Å². The Bertz CT molecular complexity index is 1180. The lowest BCUT2D eigenvalue weighted by Gasteiger charge is -2.39. The van der Waals surface area contributed by atoms with Crippen LogP contribution < -0.4 is 21.3 Å². The van der Waals surface area contributed by atoms with Gasteiger partial charge in [-0.1, -0.05) is 26.0 Å². The summed E-state index contributed by atoms with van der Waals surface area (Å²) in [5.41, 5.74) is 1.70. The fourth-order valence-electron chi connectivity index (χ4n) is 4.61. The van der Waals surface area contributed by atoms with Crippen LogP contribution in [0.1, 0.15) is 50.7 Å². The molecule has 2 heterocycles. The Morgan fingerprint density at radius 3 is 2.37 bits per heavy atom. The first-order chi connectivity index (χ1) is 14.1. The van der Waals surface area contributed by atoms with Crippen molar-refractivity contribution >= 4 is 11.6 Å². The molecule has 2 aliphatic rings. The Kier molecular flexibility index (Phi) is 4.71. The summed E-state index contributed by atoms with van der Waals surface area (Å²) < 4.78 is 8.10. The Balaban J connectivity index is 2.00. The maximum absolute atomic E-state index is 13.3. The van der Waals surface area contributed by atoms with Crippen LogP contribution in [0.2, 0.25) is 0 Å². The molecule has 7 heteroatoms. The van der Waals surface area contributed by atoms with Crippen molar-refractivity contribution in [3.05, 3.63) is 67.5 Å². The average molecular weight is 409 g/mol. The molecule has 0 spiro atoms. The molecule has 7 nitrogen and oxygen atoms in total. The second kappa shape index (κ2) is 7.00. The van der Waals surface area contributed by atoms with E-state index in [1.165, 1.54) is 11.6 Å². The van der Waals surface area contributed by atoms with Crippen molar-refractivity contribution in [3.63, 3.8) is 0 Å². The van der Waals surface area contributed by atoms with Crippen LogP contribution in [0.15, 0.2) is 45.1 Å². The van der Waals surface area contributed by atoms with Crippen LogP contribution >= 0.6 is 0 Å². The smallest absolute Gasteiger partial charge is 0.332 e. The van der Waals surface area contributed by atoms with E-state index in [4.69, 9.17) is 4.74 Å². The first kappa shape index (κ1) is 20.2. The van der Waals surface area contributed by atoms with E-state index in [-0.39, 0.29) is 16.8 Å². The van der Waals surface area contributed by atoms with E-state index in [0.29, 0.717) is 36.4 Å². The summed E-state index contributed by atoms with van der Waals surface area (Å²) in [4.78, 5) is 39.0. The van der Waals surface area contributed by atoms with E-state index in [1.54, 1.807) is 7.05 Å². The highest BCUT2D eigenvalue weighted by Gasteiger charge is 2.42. The SMILES string of the molecule is CCOc1ccc(C2C3=C(CC(C)(C)CC3=O)Nc3c2c(=O)n(C)c(=O)n3C)cc1. The molecule has 1 atom stereocenters. The molecule has 1 aromatic heterocycles. The monoisotopic (exact) mass is 409 g/mol. The van der Waals surface area contributed by atoms with Gasteiger partial charge in [-0.25, -0.2) is 4.79 Å². The van der Waals surface area contributed by atoms with E-state index in [0.717, 1.165) is 21.6 Å². The number of Topliss-reactive ketones (excluding diaryl/α,β-unsaturated/α-hetero) is 1. The number of benzene rings is 1. The number of ketones is 1. The lowest BCUT2D eigenvalue weighted by Crippen LogP contribution is -2.45. The zero-order valence-corrected chi connectivity index (χ0v) is 18.0. The number of allylic oxidation sites excluding steroid dienone is 2. The second-order valence-corrected chi connectivity index (χ2v) is 8.86. The summed E-state index contributed by atoms with van der Waals surface area (Å²) in [6.07, 6.45) is 1.09. The van der Waals surface area contributed by atoms with Crippen molar-refractivity contribution in [3.8, 4) is 5.75 Å². The van der Waals surface area contributed by atoms with E-state index >= 15 is 0 Å². The molecule has 4 rings (SSSR count). The van der Waals surface area contributed by atoms with E-state index < -0.39 is 11.6 Å². The molecule has 1 aliphatic carbocycles. The highest BCUT2D eigenvalue weighted by atomic mass is 16.5. The molecule has 1 aliphatic heterocycles. The predicted octanol–water partition coefficient (Wildman–Crippen LogP) is 2.68. The molecular formula is C23H27N3O4. The van der Waals surface area contributed by atoms with Crippen LogP contribution in [0.4, 0.5) is 5.82 Å². The molecule has 0 amide bonds. The normalized spacial score (nSPS) is 19.8. The van der Waals surface area contributed by atoms with Crippen molar-refractivity contribution in [1.29, 1.82) is 0 Å². The number of carbonyl (C=O) groups is 1. The van der Waals surface area contributed by atoms with Crippen LogP contribution in [0.25, 0.3) is 0 Å². The van der Waals surface area contributed by atoms with Gasteiger partial charge in [0.1, 0.15) is 11.6 Å². The third kappa shape index (κ3) is 3.09. The summed E-state index contributed by atoms with van der Waals surface area (Å²) in [7, 11) is 3.11. The predicted molar refractivity (Wildman–Crippen MR) is 115 cm³/mol. The lowest BCUT2D eigenvalue weighted by molar-refractivity contribution is -0.118. The van der Waals surface area contributed by atoms with Gasteiger partial charge >= 0.3 is 5.69 Å². The number of nitrogens with zero attached hydrogens (tertiary/aromatic N) is 2. The number of carbonyl (C=O) groups excluding carboxylic acids is 1. The second-order valence-electron chi connectivity index (χ2n) is 8.86. The highest BCUT2D eigenvalue weighted by Crippen LogP contribution is 2.47. The number of ether oxygens (including phenoxy) is 1. The van der Waals surface area contributed by atoms with Crippen LogP contribution in [0.3, 0.4) is 0 Å². The number of hydrogen-bond donors (Lipinski definition) is 1. The third-order valence-corrected chi connectivity index (χ3v) is 5.99. The van der Waals surface area contributed by atoms with Crippen LogP contribution in [0.5, 0.6) is 5.75 Å². The van der Waals surface area contributed by atoms with Crippen LogP contribution in [-0.4, -0.2) is 21.5 Å². The number of nitrogens with one attached hydrogen (secondary N) is 1. The van der Waals surface area contributed by atoms with Crippen molar-refractivity contribution < 1.29 is 9.53 Å². The lowest BCUT2D eigenvalue weighted by atomic mass is 9.69. The van der Waals surface area contributed by atoms with Gasteiger partial charge in [0.15, 0.2) is 5.78 Å². The van der Waals surface area contributed by atoms with E-state index in [9.17, 15) is 14.4 Å². The minimum Gasteiger partial charge on any atom is -0.494 e. The van der Waals surface area contributed by atoms with Gasteiger partial charge in [0.05, 0.1) is 12.2 Å². The van der Waals surface area contributed by atoms with Gasteiger partial charge in [0.2, 0.25) is 0 Å². The molecule has 0 radical (unpaired) electrons. The van der Waals surface area contributed by atoms with Crippen LogP contribution in [-0.2, 0) is 18.9 Å². The summed E-state index contributed by atoms with van der Waals surface area (Å²) in [5, 5.41) is 3.28. The molecular weight excluding hydrogens is 382 g/mol. The maximum atomic E-state index is 13.3. The third-order valence-electron chi connectivity index (χ3n) is 5.99. The average Bonchev–Trinajstić information content (AvgIpc) is 2.69. The quantitative estimate of drug-likeness (QED) is 0.843. The van der Waals surface area contributed by atoms with Crippen molar-refractivity contribution in [1.82, 2.24) is 9.13 Å². The molecule has 0 fully saturated rings. The van der Waals surface area contributed by atoms with Gasteiger partial charge in [-0.2, -0.15) is 0 Å². The number of fused-ring (bicyclic) bond motifs is 1. The summed E-state index contributed by atoms with van der Waals surface area (Å²) in [6, 6.07) is 7.49. The van der Waals surface area contributed by atoms with Gasteiger partial charge in [-0.15, -0.1) is 0 Å². The standard InChI is InChI=1S/C23H27N3O4/c1-6-30-14-9-7-13(8-10-14)17-18-15(11-23(2,3)12-16(18)27)24-20-19(17)21(28)26(5)22(29)25(20)4/h7-10,17,24H,6,11-12H2,1-5H3. The van der Waals surface area contributed by atoms with Crippen molar-refractivity contribution in [2.24, 2.45) is 19.5 Å². The maximum Gasteiger partial charge on any atom is 0.332 e. The zero-order valence-electron chi connectivity index (χ0n) is 18.0. The molecule has 2 aromatic rings. The molecule has 1 unspecified atom stereocenters. The highest BCUT2D eigenvalue weighted by molar-refractivity contribution is 6.01.